The Morgan fingerprint density at radius 1 is 1.10 bits per heavy atom. The Morgan fingerprint density at radius 2 is 1.87 bits per heavy atom. The third kappa shape index (κ3) is 5.13. The van der Waals surface area contributed by atoms with E-state index in [0.29, 0.717) is 0 Å². The molecule has 0 aliphatic carbocycles. The third-order valence-corrected chi connectivity index (χ3v) is 6.49. The van der Waals surface area contributed by atoms with Crippen molar-refractivity contribution in [3.05, 3.63) is 71.4 Å². The van der Waals surface area contributed by atoms with Gasteiger partial charge in [0.05, 0.1) is 5.69 Å². The van der Waals surface area contributed by atoms with Crippen LogP contribution in [-0.2, 0) is 19.6 Å². The zero-order chi connectivity index (χ0) is 21.7. The highest BCUT2D eigenvalue weighted by Gasteiger charge is 2.19. The molecule has 156 valence electrons. The van der Waals surface area contributed by atoms with Crippen LogP contribution < -0.4 is 10.0 Å². The van der Waals surface area contributed by atoms with Gasteiger partial charge in [0, 0.05) is 5.69 Å². The summed E-state index contributed by atoms with van der Waals surface area (Å²) in [7, 11) is -3.85. The van der Waals surface area contributed by atoms with E-state index in [2.05, 4.69) is 10.0 Å². The number of hydrogen-bond acceptors (Lipinski definition) is 7. The second kappa shape index (κ2) is 8.93. The molecule has 0 unspecified atom stereocenters. The maximum Gasteiger partial charge on any atom is 0.342 e. The van der Waals surface area contributed by atoms with Gasteiger partial charge in [0.25, 0.3) is 15.9 Å². The molecular weight excluding hydrogens is 435 g/mol. The molecule has 0 spiro atoms. The predicted octanol–water partition coefficient (Wildman–Crippen LogP) is 3.19. The number of nitrogens with one attached hydrogen (secondary N) is 2. The van der Waals surface area contributed by atoms with Gasteiger partial charge in [0.2, 0.25) is 0 Å². The Kier molecular flexibility index (Phi) is 6.33. The first-order valence-corrected chi connectivity index (χ1v) is 10.7. The van der Waals surface area contributed by atoms with Crippen LogP contribution in [0.15, 0.2) is 64.2 Å². The SMILES string of the molecule is O=C(COC(=O)c1cc(NS(=O)(=O)c2cccs2)ccc1O)Nc1ccccc1F. The van der Waals surface area contributed by atoms with Gasteiger partial charge in [-0.2, -0.15) is 0 Å². The summed E-state index contributed by atoms with van der Waals surface area (Å²) < 4.78 is 45.3. The minimum atomic E-state index is -3.85. The van der Waals surface area contributed by atoms with Crippen LogP contribution in [0.4, 0.5) is 15.8 Å². The summed E-state index contributed by atoms with van der Waals surface area (Å²) in [4.78, 5) is 24.1. The normalized spacial score (nSPS) is 11.0. The maximum atomic E-state index is 13.5. The van der Waals surface area contributed by atoms with Crippen molar-refractivity contribution in [3.63, 3.8) is 0 Å². The van der Waals surface area contributed by atoms with Gasteiger partial charge in [-0.1, -0.05) is 18.2 Å². The molecule has 3 aromatic rings. The van der Waals surface area contributed by atoms with E-state index in [9.17, 15) is 27.5 Å². The van der Waals surface area contributed by atoms with Crippen LogP contribution in [-0.4, -0.2) is 32.0 Å². The van der Waals surface area contributed by atoms with Crippen LogP contribution >= 0.6 is 11.3 Å². The predicted molar refractivity (Wildman–Crippen MR) is 109 cm³/mol. The highest BCUT2D eigenvalue weighted by atomic mass is 32.2. The molecule has 0 radical (unpaired) electrons. The molecule has 8 nitrogen and oxygen atoms in total. The number of esters is 1. The highest BCUT2D eigenvalue weighted by Crippen LogP contribution is 2.25. The lowest BCUT2D eigenvalue weighted by molar-refractivity contribution is -0.119. The highest BCUT2D eigenvalue weighted by molar-refractivity contribution is 7.94. The Balaban J connectivity index is 1.66. The summed E-state index contributed by atoms with van der Waals surface area (Å²) in [6, 6.07) is 11.9. The van der Waals surface area contributed by atoms with E-state index in [0.717, 1.165) is 29.5 Å². The summed E-state index contributed by atoms with van der Waals surface area (Å²) >= 11 is 1.01. The van der Waals surface area contributed by atoms with Crippen LogP contribution in [0.5, 0.6) is 5.75 Å². The van der Waals surface area contributed by atoms with Crippen molar-refractivity contribution >= 4 is 44.6 Å². The summed E-state index contributed by atoms with van der Waals surface area (Å²) in [5.41, 5.74) is -0.407. The fourth-order valence-corrected chi connectivity index (χ4v) is 4.38. The number of ether oxygens (including phenoxy) is 1. The Bertz CT molecular complexity index is 1180. The monoisotopic (exact) mass is 450 g/mol. The Morgan fingerprint density at radius 3 is 2.57 bits per heavy atom. The largest absolute Gasteiger partial charge is 0.507 e. The molecule has 0 atom stereocenters. The molecule has 0 aliphatic heterocycles. The van der Waals surface area contributed by atoms with E-state index < -0.39 is 40.1 Å². The van der Waals surface area contributed by atoms with E-state index in [-0.39, 0.29) is 21.1 Å². The van der Waals surface area contributed by atoms with E-state index >= 15 is 0 Å². The number of amides is 1. The quantitative estimate of drug-likeness (QED) is 0.375. The van der Waals surface area contributed by atoms with Gasteiger partial charge in [-0.15, -0.1) is 11.3 Å². The number of para-hydroxylation sites is 1. The molecule has 0 bridgehead atoms. The number of phenols is 1. The Labute approximate surface area is 175 Å². The lowest BCUT2D eigenvalue weighted by atomic mass is 10.2. The van der Waals surface area contributed by atoms with E-state index in [1.807, 2.05) is 0 Å². The minimum absolute atomic E-state index is 0.0176. The van der Waals surface area contributed by atoms with Crippen molar-refractivity contribution < 1.29 is 32.2 Å². The van der Waals surface area contributed by atoms with Crippen molar-refractivity contribution in [2.24, 2.45) is 0 Å². The van der Waals surface area contributed by atoms with Crippen molar-refractivity contribution in [2.75, 3.05) is 16.6 Å². The van der Waals surface area contributed by atoms with Gasteiger partial charge in [0.15, 0.2) is 6.61 Å². The summed E-state index contributed by atoms with van der Waals surface area (Å²) in [6.45, 7) is -0.738. The number of carbonyl (C=O) groups is 2. The molecule has 3 N–H and O–H groups in total. The molecule has 1 heterocycles. The lowest BCUT2D eigenvalue weighted by Gasteiger charge is -2.10. The minimum Gasteiger partial charge on any atom is -0.507 e. The van der Waals surface area contributed by atoms with Crippen molar-refractivity contribution in [2.45, 2.75) is 4.21 Å². The van der Waals surface area contributed by atoms with Crippen LogP contribution in [0.2, 0.25) is 0 Å². The standard InChI is InChI=1S/C19H15FN2O6S2/c20-14-4-1-2-5-15(14)21-17(24)11-28-19(25)13-10-12(7-8-16(13)23)22-30(26,27)18-6-3-9-29-18/h1-10,22-23H,11H2,(H,21,24). The molecule has 0 saturated carbocycles. The van der Waals surface area contributed by atoms with Gasteiger partial charge in [-0.3, -0.25) is 9.52 Å². The summed E-state index contributed by atoms with van der Waals surface area (Å²) in [5, 5.41) is 13.7. The number of carbonyl (C=O) groups excluding carboxylic acids is 2. The van der Waals surface area contributed by atoms with Crippen LogP contribution in [0.3, 0.4) is 0 Å². The third-order valence-electron chi connectivity index (χ3n) is 3.71. The van der Waals surface area contributed by atoms with Gasteiger partial charge in [-0.25, -0.2) is 17.6 Å². The van der Waals surface area contributed by atoms with Gasteiger partial charge < -0.3 is 15.2 Å². The van der Waals surface area contributed by atoms with Crippen molar-refractivity contribution in [3.8, 4) is 5.75 Å². The number of benzene rings is 2. The molecule has 0 saturated heterocycles. The van der Waals surface area contributed by atoms with Crippen molar-refractivity contribution in [1.82, 2.24) is 0 Å². The first kappa shape index (κ1) is 21.3. The smallest absolute Gasteiger partial charge is 0.342 e. The Hall–Kier alpha value is -3.44. The van der Waals surface area contributed by atoms with Crippen LogP contribution in [0.1, 0.15) is 10.4 Å². The summed E-state index contributed by atoms with van der Waals surface area (Å²) in [6.07, 6.45) is 0. The molecular formula is C19H15FN2O6S2. The molecule has 1 aromatic heterocycles. The van der Waals surface area contributed by atoms with E-state index in [4.69, 9.17) is 4.74 Å². The molecule has 2 aromatic carbocycles. The zero-order valence-corrected chi connectivity index (χ0v) is 16.8. The van der Waals surface area contributed by atoms with Crippen LogP contribution in [0, 0.1) is 5.82 Å². The fourth-order valence-electron chi connectivity index (χ4n) is 2.34. The molecule has 0 fully saturated rings. The molecule has 0 aliphatic rings. The number of rotatable bonds is 7. The number of hydrogen-bond donors (Lipinski definition) is 3. The summed E-state index contributed by atoms with van der Waals surface area (Å²) in [5.74, 6) is -2.97. The van der Waals surface area contributed by atoms with Crippen molar-refractivity contribution in [1.29, 1.82) is 0 Å². The second-order valence-corrected chi connectivity index (χ2v) is 8.73. The first-order valence-electron chi connectivity index (χ1n) is 8.37. The number of thiophene rings is 1. The second-order valence-electron chi connectivity index (χ2n) is 5.87. The molecule has 3 rings (SSSR count). The van der Waals surface area contributed by atoms with Gasteiger partial charge >= 0.3 is 5.97 Å². The van der Waals surface area contributed by atoms with Gasteiger partial charge in [-0.05, 0) is 41.8 Å². The topological polar surface area (TPSA) is 122 Å². The number of sulfonamides is 1. The number of phenolic OH excluding ortho intramolecular Hbond substituents is 1. The van der Waals surface area contributed by atoms with Gasteiger partial charge in [0.1, 0.15) is 21.3 Å². The van der Waals surface area contributed by atoms with E-state index in [1.165, 1.54) is 30.3 Å². The average Bonchev–Trinajstić information content (AvgIpc) is 3.25. The van der Waals surface area contributed by atoms with E-state index in [1.54, 1.807) is 11.4 Å². The molecule has 11 heteroatoms. The average molecular weight is 450 g/mol. The molecule has 1 amide bonds. The first-order chi connectivity index (χ1) is 14.3. The molecule has 30 heavy (non-hydrogen) atoms. The maximum absolute atomic E-state index is 13.5. The van der Waals surface area contributed by atoms with Crippen LogP contribution in [0.25, 0.3) is 0 Å². The fraction of sp³-hybridized carbons (Fsp3) is 0.0526. The number of aromatic hydroxyl groups is 1. The number of halogens is 1. The number of anilines is 2. The zero-order valence-electron chi connectivity index (χ0n) is 15.2. The lowest BCUT2D eigenvalue weighted by Crippen LogP contribution is -2.21.